The summed E-state index contributed by atoms with van der Waals surface area (Å²) in [6.45, 7) is 1.18. The molecule has 0 radical (unpaired) electrons. The van der Waals surface area contributed by atoms with Crippen molar-refractivity contribution in [3.63, 3.8) is 0 Å². The number of ether oxygens (including phenoxy) is 1. The molecular formula is C20H16Br2ClNO. The van der Waals surface area contributed by atoms with Crippen LogP contribution in [0.2, 0.25) is 5.02 Å². The minimum Gasteiger partial charge on any atom is -0.489 e. The lowest BCUT2D eigenvalue weighted by atomic mass is 10.2. The summed E-state index contributed by atoms with van der Waals surface area (Å²) < 4.78 is 7.92. The molecule has 5 heteroatoms. The summed E-state index contributed by atoms with van der Waals surface area (Å²) in [4.78, 5) is 0. The average molecular weight is 482 g/mol. The van der Waals surface area contributed by atoms with Gasteiger partial charge in [-0.25, -0.2) is 0 Å². The van der Waals surface area contributed by atoms with Crippen LogP contribution in [0.25, 0.3) is 0 Å². The SMILES string of the molecule is Clc1cc(NCc2cc(Br)ccc2OCc2ccccc2)ccc1Br. The molecule has 2 nitrogen and oxygen atoms in total. The standard InChI is InChI=1S/C20H16Br2ClNO/c21-16-6-9-20(25-13-14-4-2-1-3-5-14)15(10-16)12-24-17-7-8-18(22)19(23)11-17/h1-11,24H,12-13H2. The summed E-state index contributed by atoms with van der Waals surface area (Å²) in [5.74, 6) is 0.864. The van der Waals surface area contributed by atoms with Gasteiger partial charge in [-0.05, 0) is 57.9 Å². The van der Waals surface area contributed by atoms with E-state index in [2.05, 4.69) is 55.4 Å². The Kier molecular flexibility index (Phi) is 6.40. The van der Waals surface area contributed by atoms with Gasteiger partial charge in [-0.2, -0.15) is 0 Å². The molecule has 0 aliphatic carbocycles. The highest BCUT2D eigenvalue weighted by molar-refractivity contribution is 9.10. The lowest BCUT2D eigenvalue weighted by Crippen LogP contribution is -2.04. The first kappa shape index (κ1) is 18.3. The van der Waals surface area contributed by atoms with Crippen molar-refractivity contribution in [3.05, 3.63) is 91.8 Å². The van der Waals surface area contributed by atoms with Crippen LogP contribution in [-0.4, -0.2) is 0 Å². The van der Waals surface area contributed by atoms with Gasteiger partial charge in [0.25, 0.3) is 0 Å². The first-order valence-corrected chi connectivity index (χ1v) is 9.72. The van der Waals surface area contributed by atoms with Crippen LogP contribution in [0.3, 0.4) is 0 Å². The highest BCUT2D eigenvalue weighted by Crippen LogP contribution is 2.28. The summed E-state index contributed by atoms with van der Waals surface area (Å²) in [7, 11) is 0. The number of hydrogen-bond donors (Lipinski definition) is 1. The zero-order chi connectivity index (χ0) is 17.6. The van der Waals surface area contributed by atoms with Crippen molar-refractivity contribution in [2.24, 2.45) is 0 Å². The number of hydrogen-bond acceptors (Lipinski definition) is 2. The summed E-state index contributed by atoms with van der Waals surface area (Å²) >= 11 is 13.1. The molecule has 0 fully saturated rings. The van der Waals surface area contributed by atoms with E-state index >= 15 is 0 Å². The minimum atomic E-state index is 0.541. The second kappa shape index (κ2) is 8.75. The first-order valence-electron chi connectivity index (χ1n) is 7.76. The Balaban J connectivity index is 1.71. The molecule has 0 heterocycles. The minimum absolute atomic E-state index is 0.541. The molecule has 0 aromatic heterocycles. The van der Waals surface area contributed by atoms with Gasteiger partial charge in [0.15, 0.2) is 0 Å². The van der Waals surface area contributed by atoms with Crippen LogP contribution < -0.4 is 10.1 Å². The van der Waals surface area contributed by atoms with Crippen LogP contribution in [0, 0.1) is 0 Å². The fourth-order valence-electron chi connectivity index (χ4n) is 2.37. The Hall–Kier alpha value is -1.49. The maximum absolute atomic E-state index is 6.15. The molecule has 128 valence electrons. The molecule has 0 bridgehead atoms. The molecule has 0 aliphatic heterocycles. The molecule has 25 heavy (non-hydrogen) atoms. The van der Waals surface area contributed by atoms with Crippen LogP contribution in [0.1, 0.15) is 11.1 Å². The largest absolute Gasteiger partial charge is 0.489 e. The van der Waals surface area contributed by atoms with Crippen molar-refractivity contribution in [1.29, 1.82) is 0 Å². The molecule has 0 saturated carbocycles. The van der Waals surface area contributed by atoms with E-state index in [1.807, 2.05) is 48.5 Å². The van der Waals surface area contributed by atoms with Gasteiger partial charge in [0.1, 0.15) is 12.4 Å². The Morgan fingerprint density at radius 2 is 1.72 bits per heavy atom. The van der Waals surface area contributed by atoms with Gasteiger partial charge in [-0.3, -0.25) is 0 Å². The monoisotopic (exact) mass is 479 g/mol. The molecule has 0 atom stereocenters. The topological polar surface area (TPSA) is 21.3 Å². The molecule has 0 spiro atoms. The number of anilines is 1. The third-order valence-corrected chi connectivity index (χ3v) is 5.39. The van der Waals surface area contributed by atoms with E-state index in [-0.39, 0.29) is 0 Å². The third-order valence-electron chi connectivity index (χ3n) is 3.66. The molecule has 3 aromatic rings. The van der Waals surface area contributed by atoms with Crippen molar-refractivity contribution >= 4 is 49.1 Å². The quantitative estimate of drug-likeness (QED) is 0.407. The van der Waals surface area contributed by atoms with Gasteiger partial charge in [-0.1, -0.05) is 57.9 Å². The van der Waals surface area contributed by atoms with Crippen molar-refractivity contribution < 1.29 is 4.74 Å². The van der Waals surface area contributed by atoms with Crippen molar-refractivity contribution in [3.8, 4) is 5.75 Å². The van der Waals surface area contributed by atoms with Gasteiger partial charge in [0, 0.05) is 26.7 Å². The van der Waals surface area contributed by atoms with Crippen LogP contribution in [0.15, 0.2) is 75.7 Å². The summed E-state index contributed by atoms with van der Waals surface area (Å²) in [5.41, 5.74) is 3.18. The number of rotatable bonds is 6. The fraction of sp³-hybridized carbons (Fsp3) is 0.100. The van der Waals surface area contributed by atoms with Crippen molar-refractivity contribution in [1.82, 2.24) is 0 Å². The predicted molar refractivity (Wildman–Crippen MR) is 111 cm³/mol. The average Bonchev–Trinajstić information content (AvgIpc) is 2.63. The Bertz CT molecular complexity index is 856. The first-order chi connectivity index (χ1) is 12.1. The molecular weight excluding hydrogens is 465 g/mol. The molecule has 0 unspecified atom stereocenters. The number of halogens is 3. The second-order valence-electron chi connectivity index (χ2n) is 5.51. The van der Waals surface area contributed by atoms with Crippen LogP contribution in [-0.2, 0) is 13.2 Å². The van der Waals surface area contributed by atoms with E-state index in [1.165, 1.54) is 0 Å². The maximum Gasteiger partial charge on any atom is 0.124 e. The van der Waals surface area contributed by atoms with Crippen molar-refractivity contribution in [2.45, 2.75) is 13.2 Å². The Morgan fingerprint density at radius 1 is 0.920 bits per heavy atom. The van der Waals surface area contributed by atoms with E-state index < -0.39 is 0 Å². The summed E-state index contributed by atoms with van der Waals surface area (Å²) in [5, 5.41) is 4.07. The van der Waals surface area contributed by atoms with Crippen LogP contribution in [0.4, 0.5) is 5.69 Å². The Labute approximate surface area is 169 Å². The van der Waals surface area contributed by atoms with Crippen LogP contribution in [0.5, 0.6) is 5.75 Å². The summed E-state index contributed by atoms with van der Waals surface area (Å²) in [6.07, 6.45) is 0. The molecule has 3 aromatic carbocycles. The van der Waals surface area contributed by atoms with Gasteiger partial charge in [-0.15, -0.1) is 0 Å². The van der Waals surface area contributed by atoms with Crippen LogP contribution >= 0.6 is 43.5 Å². The highest BCUT2D eigenvalue weighted by atomic mass is 79.9. The van der Waals surface area contributed by atoms with Gasteiger partial charge >= 0.3 is 0 Å². The van der Waals surface area contributed by atoms with E-state index in [9.17, 15) is 0 Å². The highest BCUT2D eigenvalue weighted by Gasteiger charge is 2.06. The normalized spacial score (nSPS) is 10.5. The lowest BCUT2D eigenvalue weighted by molar-refractivity contribution is 0.303. The van der Waals surface area contributed by atoms with E-state index in [0.29, 0.717) is 18.2 Å². The van der Waals surface area contributed by atoms with E-state index in [4.69, 9.17) is 16.3 Å². The number of benzene rings is 3. The lowest BCUT2D eigenvalue weighted by Gasteiger charge is -2.14. The second-order valence-corrected chi connectivity index (χ2v) is 7.69. The molecule has 1 N–H and O–H groups in total. The van der Waals surface area contributed by atoms with E-state index in [0.717, 1.165) is 31.5 Å². The third kappa shape index (κ3) is 5.24. The smallest absolute Gasteiger partial charge is 0.124 e. The molecule has 0 aliphatic rings. The maximum atomic E-state index is 6.15. The van der Waals surface area contributed by atoms with Gasteiger partial charge in [0.2, 0.25) is 0 Å². The fourth-order valence-corrected chi connectivity index (χ4v) is 3.20. The van der Waals surface area contributed by atoms with Crippen molar-refractivity contribution in [2.75, 3.05) is 5.32 Å². The molecule has 0 saturated heterocycles. The zero-order valence-corrected chi connectivity index (χ0v) is 17.2. The number of nitrogens with one attached hydrogen (secondary N) is 1. The van der Waals surface area contributed by atoms with Gasteiger partial charge in [0.05, 0.1) is 5.02 Å². The molecule has 0 amide bonds. The van der Waals surface area contributed by atoms with E-state index in [1.54, 1.807) is 0 Å². The molecule has 3 rings (SSSR count). The van der Waals surface area contributed by atoms with Gasteiger partial charge < -0.3 is 10.1 Å². The Morgan fingerprint density at radius 3 is 2.48 bits per heavy atom. The predicted octanol–water partition coefficient (Wildman–Crippen LogP) is 7.06. The summed E-state index contributed by atoms with van der Waals surface area (Å²) in [6, 6.07) is 22.0. The zero-order valence-electron chi connectivity index (χ0n) is 13.3.